The summed E-state index contributed by atoms with van der Waals surface area (Å²) in [5.41, 5.74) is 2.74. The Balaban J connectivity index is 1.77. The monoisotopic (exact) mass is 383 g/mol. The van der Waals surface area contributed by atoms with Gasteiger partial charge in [0.15, 0.2) is 11.5 Å². The Labute approximate surface area is 162 Å². The van der Waals surface area contributed by atoms with Crippen LogP contribution in [-0.2, 0) is 24.4 Å². The van der Waals surface area contributed by atoms with Gasteiger partial charge in [0.1, 0.15) is 18.1 Å². The second-order valence-electron chi connectivity index (χ2n) is 6.22. The molecule has 2 N–H and O–H groups in total. The maximum atomic E-state index is 10.9. The highest BCUT2D eigenvalue weighted by Crippen LogP contribution is 2.30. The van der Waals surface area contributed by atoms with Crippen molar-refractivity contribution < 1.29 is 28.9 Å². The lowest BCUT2D eigenvalue weighted by molar-refractivity contribution is -0.136. The van der Waals surface area contributed by atoms with Gasteiger partial charge in [0.05, 0.1) is 20.1 Å². The minimum atomic E-state index is -0.893. The Hall–Kier alpha value is -3.32. The van der Waals surface area contributed by atoms with Crippen molar-refractivity contribution in [1.29, 1.82) is 0 Å². The molecule has 146 valence electrons. The predicted octanol–water partition coefficient (Wildman–Crippen LogP) is 3.36. The zero-order valence-electron chi connectivity index (χ0n) is 15.6. The topological polar surface area (TPSA) is 102 Å². The number of carboxylic acids is 1. The van der Waals surface area contributed by atoms with Crippen LogP contribution in [0.25, 0.3) is 11.5 Å². The van der Waals surface area contributed by atoms with Crippen molar-refractivity contribution >= 4 is 5.97 Å². The van der Waals surface area contributed by atoms with Crippen LogP contribution >= 0.6 is 0 Å². The number of hydrogen-bond donors (Lipinski definition) is 2. The zero-order valence-corrected chi connectivity index (χ0v) is 15.6. The summed E-state index contributed by atoms with van der Waals surface area (Å²) in [7, 11) is 1.53. The summed E-state index contributed by atoms with van der Waals surface area (Å²) in [5.74, 6) is 1.19. The number of aliphatic carboxylic acids is 1. The lowest BCUT2D eigenvalue weighted by atomic mass is 10.1. The second-order valence-corrected chi connectivity index (χ2v) is 6.22. The first-order valence-corrected chi connectivity index (χ1v) is 8.68. The standard InChI is InChI=1S/C21H21NO6/c1-13-17(12-27-18-7-6-15(11-23)9-19(18)26-2)22-21(28-13)16-5-3-4-14(8-16)10-20(24)25/h3-9,23H,10-12H2,1-2H3,(H,24,25). The molecule has 0 aliphatic rings. The molecule has 0 aliphatic carbocycles. The minimum absolute atomic E-state index is 0.0624. The Kier molecular flexibility index (Phi) is 5.96. The minimum Gasteiger partial charge on any atom is -0.493 e. The molecule has 0 unspecified atom stereocenters. The van der Waals surface area contributed by atoms with E-state index in [0.717, 1.165) is 5.56 Å². The molecule has 1 aromatic heterocycles. The first-order chi connectivity index (χ1) is 13.5. The van der Waals surface area contributed by atoms with Crippen LogP contribution < -0.4 is 9.47 Å². The van der Waals surface area contributed by atoms with Crippen molar-refractivity contribution in [3.8, 4) is 23.0 Å². The molecule has 0 bridgehead atoms. The average molecular weight is 383 g/mol. The van der Waals surface area contributed by atoms with E-state index in [4.69, 9.17) is 19.0 Å². The van der Waals surface area contributed by atoms with Gasteiger partial charge in [-0.25, -0.2) is 4.98 Å². The highest BCUT2D eigenvalue weighted by Gasteiger charge is 2.14. The summed E-state index contributed by atoms with van der Waals surface area (Å²) < 4.78 is 16.9. The van der Waals surface area contributed by atoms with Gasteiger partial charge < -0.3 is 24.1 Å². The fourth-order valence-corrected chi connectivity index (χ4v) is 2.75. The molecule has 7 nitrogen and oxygen atoms in total. The predicted molar refractivity (Wildman–Crippen MR) is 101 cm³/mol. The number of aryl methyl sites for hydroxylation is 1. The van der Waals surface area contributed by atoms with Crippen LogP contribution in [0, 0.1) is 6.92 Å². The van der Waals surface area contributed by atoms with E-state index in [-0.39, 0.29) is 19.6 Å². The van der Waals surface area contributed by atoms with Gasteiger partial charge in [0.2, 0.25) is 5.89 Å². The van der Waals surface area contributed by atoms with Gasteiger partial charge in [0, 0.05) is 5.56 Å². The van der Waals surface area contributed by atoms with E-state index in [1.165, 1.54) is 7.11 Å². The molecule has 7 heteroatoms. The summed E-state index contributed by atoms with van der Waals surface area (Å²) in [6.07, 6.45) is -0.0624. The van der Waals surface area contributed by atoms with Crippen molar-refractivity contribution in [2.75, 3.05) is 7.11 Å². The highest BCUT2D eigenvalue weighted by molar-refractivity contribution is 5.71. The molecule has 0 fully saturated rings. The zero-order chi connectivity index (χ0) is 20.1. The Morgan fingerprint density at radius 2 is 1.96 bits per heavy atom. The number of hydrogen-bond acceptors (Lipinski definition) is 6. The second kappa shape index (κ2) is 8.58. The number of nitrogens with zero attached hydrogens (tertiary/aromatic N) is 1. The number of ether oxygens (including phenoxy) is 2. The maximum absolute atomic E-state index is 10.9. The molecule has 3 rings (SSSR count). The molecule has 28 heavy (non-hydrogen) atoms. The first kappa shape index (κ1) is 19.4. The molecular formula is C21H21NO6. The summed E-state index contributed by atoms with van der Waals surface area (Å²) >= 11 is 0. The van der Waals surface area contributed by atoms with E-state index in [9.17, 15) is 9.90 Å². The van der Waals surface area contributed by atoms with Crippen molar-refractivity contribution in [3.63, 3.8) is 0 Å². The third-order valence-electron chi connectivity index (χ3n) is 4.20. The number of oxazole rings is 1. The van der Waals surface area contributed by atoms with Gasteiger partial charge in [-0.3, -0.25) is 4.79 Å². The fourth-order valence-electron chi connectivity index (χ4n) is 2.75. The van der Waals surface area contributed by atoms with Crippen molar-refractivity contribution in [2.45, 2.75) is 26.6 Å². The van der Waals surface area contributed by atoms with E-state index in [1.807, 2.05) is 6.07 Å². The normalized spacial score (nSPS) is 10.7. The van der Waals surface area contributed by atoms with E-state index >= 15 is 0 Å². The molecule has 0 saturated heterocycles. The number of methoxy groups -OCH3 is 1. The van der Waals surface area contributed by atoms with Crippen LogP contribution in [0.5, 0.6) is 11.5 Å². The largest absolute Gasteiger partial charge is 0.493 e. The molecule has 0 spiro atoms. The Morgan fingerprint density at radius 1 is 1.14 bits per heavy atom. The van der Waals surface area contributed by atoms with E-state index in [2.05, 4.69) is 4.98 Å². The number of aliphatic hydroxyl groups is 1. The van der Waals surface area contributed by atoms with Gasteiger partial charge in [-0.05, 0) is 42.3 Å². The van der Waals surface area contributed by atoms with Gasteiger partial charge >= 0.3 is 5.97 Å². The molecule has 0 atom stereocenters. The molecule has 0 amide bonds. The van der Waals surface area contributed by atoms with Crippen LogP contribution in [0.4, 0.5) is 0 Å². The molecule has 0 aliphatic heterocycles. The summed E-state index contributed by atoms with van der Waals surface area (Å²) in [5, 5.41) is 18.2. The van der Waals surface area contributed by atoms with Gasteiger partial charge in [-0.2, -0.15) is 0 Å². The number of carbonyl (C=O) groups is 1. The third-order valence-corrected chi connectivity index (χ3v) is 4.20. The van der Waals surface area contributed by atoms with E-state index in [0.29, 0.717) is 40.0 Å². The van der Waals surface area contributed by atoms with Crippen molar-refractivity contribution in [2.24, 2.45) is 0 Å². The molecule has 2 aromatic carbocycles. The lowest BCUT2D eigenvalue weighted by Crippen LogP contribution is -2.00. The Bertz CT molecular complexity index is 979. The average Bonchev–Trinajstić information content (AvgIpc) is 3.06. The summed E-state index contributed by atoms with van der Waals surface area (Å²) in [6.45, 7) is 1.89. The SMILES string of the molecule is COc1cc(CO)ccc1OCc1nc(-c2cccc(CC(=O)O)c2)oc1C. The number of aliphatic hydroxyl groups excluding tert-OH is 1. The first-order valence-electron chi connectivity index (χ1n) is 8.68. The molecule has 3 aromatic rings. The highest BCUT2D eigenvalue weighted by atomic mass is 16.5. The summed E-state index contributed by atoms with van der Waals surface area (Å²) in [6, 6.07) is 12.3. The third kappa shape index (κ3) is 4.50. The maximum Gasteiger partial charge on any atom is 0.307 e. The number of benzene rings is 2. The molecule has 0 radical (unpaired) electrons. The van der Waals surface area contributed by atoms with Crippen LogP contribution in [0.15, 0.2) is 46.9 Å². The lowest BCUT2D eigenvalue weighted by Gasteiger charge is -2.10. The van der Waals surface area contributed by atoms with Gasteiger partial charge in [-0.1, -0.05) is 18.2 Å². The molecule has 1 heterocycles. The van der Waals surface area contributed by atoms with Crippen molar-refractivity contribution in [3.05, 3.63) is 65.0 Å². The van der Waals surface area contributed by atoms with Crippen molar-refractivity contribution in [1.82, 2.24) is 4.98 Å². The van der Waals surface area contributed by atoms with Crippen LogP contribution in [0.3, 0.4) is 0 Å². The number of rotatable bonds is 8. The smallest absolute Gasteiger partial charge is 0.307 e. The molecule has 0 saturated carbocycles. The van der Waals surface area contributed by atoms with E-state index in [1.54, 1.807) is 43.3 Å². The summed E-state index contributed by atoms with van der Waals surface area (Å²) in [4.78, 5) is 15.4. The Morgan fingerprint density at radius 3 is 2.68 bits per heavy atom. The quantitative estimate of drug-likeness (QED) is 0.615. The van der Waals surface area contributed by atoms with Crippen LogP contribution in [0.2, 0.25) is 0 Å². The van der Waals surface area contributed by atoms with Crippen LogP contribution in [0.1, 0.15) is 22.6 Å². The number of aromatic nitrogens is 1. The van der Waals surface area contributed by atoms with Gasteiger partial charge in [0.25, 0.3) is 0 Å². The number of carboxylic acid groups (broad SMARTS) is 1. The fraction of sp³-hybridized carbons (Fsp3) is 0.238. The van der Waals surface area contributed by atoms with Crippen LogP contribution in [-0.4, -0.2) is 28.3 Å². The molecular weight excluding hydrogens is 362 g/mol. The van der Waals surface area contributed by atoms with Gasteiger partial charge in [-0.15, -0.1) is 0 Å². The van der Waals surface area contributed by atoms with E-state index < -0.39 is 5.97 Å².